The quantitative estimate of drug-likeness (QED) is 0.720. The number of aryl methyl sites for hydroxylation is 1. The minimum absolute atomic E-state index is 0.565. The largest absolute Gasteiger partial charge is 0.477 e. The molecular weight excluding hydrogens is 240 g/mol. The van der Waals surface area contributed by atoms with Crippen molar-refractivity contribution < 1.29 is 4.74 Å². The van der Waals surface area contributed by atoms with Crippen LogP contribution in [-0.2, 0) is 7.05 Å². The molecule has 0 saturated carbocycles. The first kappa shape index (κ1) is 11.6. The Morgan fingerprint density at radius 2 is 1.95 bits per heavy atom. The molecule has 2 heterocycles. The van der Waals surface area contributed by atoms with E-state index in [9.17, 15) is 0 Å². The zero-order valence-corrected chi connectivity index (χ0v) is 10.9. The van der Waals surface area contributed by atoms with Gasteiger partial charge in [0.1, 0.15) is 5.39 Å². The molecule has 0 aliphatic rings. The molecule has 96 valence electrons. The number of fused-ring (bicyclic) bond motifs is 1. The summed E-state index contributed by atoms with van der Waals surface area (Å²) in [7, 11) is 1.86. The molecule has 0 aliphatic carbocycles. The Morgan fingerprint density at radius 1 is 1.16 bits per heavy atom. The van der Waals surface area contributed by atoms with Gasteiger partial charge in [-0.05, 0) is 6.92 Å². The number of rotatable bonds is 3. The Labute approximate surface area is 110 Å². The first-order valence-electron chi connectivity index (χ1n) is 6.17. The van der Waals surface area contributed by atoms with Gasteiger partial charge in [0.05, 0.1) is 12.8 Å². The fraction of sp³-hybridized carbons (Fsp3) is 0.214. The van der Waals surface area contributed by atoms with Crippen molar-refractivity contribution >= 4 is 11.0 Å². The first-order valence-corrected chi connectivity index (χ1v) is 6.17. The number of hydrogen-bond acceptors (Lipinski definition) is 4. The molecule has 2 aromatic heterocycles. The summed E-state index contributed by atoms with van der Waals surface area (Å²) in [4.78, 5) is 9.04. The van der Waals surface area contributed by atoms with E-state index in [-0.39, 0.29) is 0 Å². The maximum Gasteiger partial charge on any atom is 0.228 e. The molecule has 0 unspecified atom stereocenters. The second kappa shape index (κ2) is 4.68. The van der Waals surface area contributed by atoms with Crippen molar-refractivity contribution in [3.05, 3.63) is 36.5 Å². The molecule has 0 N–H and O–H groups in total. The standard InChI is InChI=1S/C14H14N4O/c1-3-19-14-11-9-15-18(2)13(11)16-12(17-14)10-7-5-4-6-8-10/h4-9H,3H2,1-2H3. The van der Waals surface area contributed by atoms with Gasteiger partial charge in [0.15, 0.2) is 11.5 Å². The molecule has 0 amide bonds. The highest BCUT2D eigenvalue weighted by molar-refractivity contribution is 5.82. The summed E-state index contributed by atoms with van der Waals surface area (Å²) in [6.07, 6.45) is 1.73. The molecular formula is C14H14N4O. The van der Waals surface area contributed by atoms with Crippen molar-refractivity contribution in [1.29, 1.82) is 0 Å². The van der Waals surface area contributed by atoms with Gasteiger partial charge in [-0.2, -0.15) is 10.1 Å². The molecule has 3 aromatic rings. The first-order chi connectivity index (χ1) is 9.29. The van der Waals surface area contributed by atoms with Crippen LogP contribution in [-0.4, -0.2) is 26.4 Å². The number of hydrogen-bond donors (Lipinski definition) is 0. The summed E-state index contributed by atoms with van der Waals surface area (Å²) < 4.78 is 7.32. The Hall–Kier alpha value is -2.43. The number of nitrogens with zero attached hydrogens (tertiary/aromatic N) is 4. The average Bonchev–Trinajstić information content (AvgIpc) is 2.82. The van der Waals surface area contributed by atoms with Gasteiger partial charge < -0.3 is 4.74 Å². The molecule has 5 heteroatoms. The van der Waals surface area contributed by atoms with Gasteiger partial charge in [-0.25, -0.2) is 4.98 Å². The molecule has 0 atom stereocenters. The SMILES string of the molecule is CCOc1nc(-c2ccccc2)nc2c1cnn2C. The highest BCUT2D eigenvalue weighted by Crippen LogP contribution is 2.25. The van der Waals surface area contributed by atoms with E-state index >= 15 is 0 Å². The van der Waals surface area contributed by atoms with Gasteiger partial charge in [-0.1, -0.05) is 30.3 Å². The van der Waals surface area contributed by atoms with E-state index < -0.39 is 0 Å². The lowest BCUT2D eigenvalue weighted by Crippen LogP contribution is -2.00. The van der Waals surface area contributed by atoms with Gasteiger partial charge in [-0.15, -0.1) is 0 Å². The summed E-state index contributed by atoms with van der Waals surface area (Å²) >= 11 is 0. The van der Waals surface area contributed by atoms with E-state index in [4.69, 9.17) is 4.74 Å². The minimum Gasteiger partial charge on any atom is -0.477 e. The maximum atomic E-state index is 5.59. The van der Waals surface area contributed by atoms with E-state index in [0.29, 0.717) is 18.3 Å². The zero-order valence-electron chi connectivity index (χ0n) is 10.9. The minimum atomic E-state index is 0.565. The lowest BCUT2D eigenvalue weighted by molar-refractivity contribution is 0.331. The second-order valence-electron chi connectivity index (χ2n) is 4.16. The van der Waals surface area contributed by atoms with Crippen LogP contribution in [0.1, 0.15) is 6.92 Å². The number of benzene rings is 1. The third kappa shape index (κ3) is 2.03. The average molecular weight is 254 g/mol. The molecule has 1 aromatic carbocycles. The van der Waals surface area contributed by atoms with Crippen LogP contribution in [0, 0.1) is 0 Å². The molecule has 19 heavy (non-hydrogen) atoms. The Kier molecular flexibility index (Phi) is 2.87. The topological polar surface area (TPSA) is 52.8 Å². The lowest BCUT2D eigenvalue weighted by Gasteiger charge is -2.06. The molecule has 3 rings (SSSR count). The Bertz CT molecular complexity index is 706. The van der Waals surface area contributed by atoms with E-state index in [1.807, 2.05) is 44.3 Å². The van der Waals surface area contributed by atoms with Crippen LogP contribution >= 0.6 is 0 Å². The fourth-order valence-electron chi connectivity index (χ4n) is 1.96. The van der Waals surface area contributed by atoms with E-state index in [1.165, 1.54) is 0 Å². The zero-order chi connectivity index (χ0) is 13.2. The normalized spacial score (nSPS) is 10.8. The smallest absolute Gasteiger partial charge is 0.228 e. The maximum absolute atomic E-state index is 5.59. The van der Waals surface area contributed by atoms with Crippen LogP contribution in [0.15, 0.2) is 36.5 Å². The molecule has 0 fully saturated rings. The van der Waals surface area contributed by atoms with Crippen molar-refractivity contribution in [3.8, 4) is 17.3 Å². The lowest BCUT2D eigenvalue weighted by atomic mass is 10.2. The molecule has 5 nitrogen and oxygen atoms in total. The summed E-state index contributed by atoms with van der Waals surface area (Å²) in [5.74, 6) is 1.24. The summed E-state index contributed by atoms with van der Waals surface area (Å²) in [5.41, 5.74) is 1.74. The van der Waals surface area contributed by atoms with Crippen LogP contribution in [0.4, 0.5) is 0 Å². The number of ether oxygens (including phenoxy) is 1. The predicted molar refractivity (Wildman–Crippen MR) is 72.9 cm³/mol. The Balaban J connectivity index is 2.23. The Morgan fingerprint density at radius 3 is 2.68 bits per heavy atom. The third-order valence-electron chi connectivity index (χ3n) is 2.87. The highest BCUT2D eigenvalue weighted by atomic mass is 16.5. The highest BCUT2D eigenvalue weighted by Gasteiger charge is 2.13. The van der Waals surface area contributed by atoms with Gasteiger partial charge in [-0.3, -0.25) is 4.68 Å². The van der Waals surface area contributed by atoms with Crippen LogP contribution in [0.5, 0.6) is 5.88 Å². The van der Waals surface area contributed by atoms with Crippen molar-refractivity contribution in [2.75, 3.05) is 6.61 Å². The van der Waals surface area contributed by atoms with E-state index in [0.717, 1.165) is 16.6 Å². The van der Waals surface area contributed by atoms with Gasteiger partial charge in [0.2, 0.25) is 5.88 Å². The molecule has 0 radical (unpaired) electrons. The molecule has 0 bridgehead atoms. The molecule has 0 spiro atoms. The van der Waals surface area contributed by atoms with E-state index in [2.05, 4.69) is 15.1 Å². The number of aromatic nitrogens is 4. The summed E-state index contributed by atoms with van der Waals surface area (Å²) in [6, 6.07) is 9.86. The second-order valence-corrected chi connectivity index (χ2v) is 4.16. The summed E-state index contributed by atoms with van der Waals surface area (Å²) in [5, 5.41) is 5.04. The molecule has 0 aliphatic heterocycles. The molecule has 0 saturated heterocycles. The van der Waals surface area contributed by atoms with E-state index in [1.54, 1.807) is 10.9 Å². The van der Waals surface area contributed by atoms with Crippen molar-refractivity contribution in [3.63, 3.8) is 0 Å². The van der Waals surface area contributed by atoms with Crippen molar-refractivity contribution in [2.24, 2.45) is 7.05 Å². The third-order valence-corrected chi connectivity index (χ3v) is 2.87. The van der Waals surface area contributed by atoms with Gasteiger partial charge in [0.25, 0.3) is 0 Å². The predicted octanol–water partition coefficient (Wildman–Crippen LogP) is 2.43. The van der Waals surface area contributed by atoms with Gasteiger partial charge >= 0.3 is 0 Å². The summed E-state index contributed by atoms with van der Waals surface area (Å²) in [6.45, 7) is 2.50. The van der Waals surface area contributed by atoms with Crippen molar-refractivity contribution in [2.45, 2.75) is 6.92 Å². The monoisotopic (exact) mass is 254 g/mol. The van der Waals surface area contributed by atoms with Gasteiger partial charge in [0, 0.05) is 12.6 Å². The van der Waals surface area contributed by atoms with Crippen molar-refractivity contribution in [1.82, 2.24) is 19.7 Å². The van der Waals surface area contributed by atoms with Crippen LogP contribution in [0.2, 0.25) is 0 Å². The van der Waals surface area contributed by atoms with Crippen LogP contribution in [0.3, 0.4) is 0 Å². The van der Waals surface area contributed by atoms with Crippen LogP contribution in [0.25, 0.3) is 22.4 Å². The van der Waals surface area contributed by atoms with Crippen LogP contribution < -0.4 is 4.74 Å². The fourth-order valence-corrected chi connectivity index (χ4v) is 1.96.